The second kappa shape index (κ2) is 13.8. The second-order valence-corrected chi connectivity index (χ2v) is 9.88. The number of unbranched alkanes of at least 4 members (excludes halogenated alkanes) is 1. The Balaban J connectivity index is 2.32. The van der Waals surface area contributed by atoms with E-state index in [9.17, 15) is 14.4 Å². The summed E-state index contributed by atoms with van der Waals surface area (Å²) in [6, 6.07) is -0.808. The zero-order valence-corrected chi connectivity index (χ0v) is 19.5. The van der Waals surface area contributed by atoms with Gasteiger partial charge in [0.1, 0.15) is 6.04 Å². The molecule has 2 unspecified atom stereocenters. The number of carbonyl (C=O) groups excluding carboxylic acids is 3. The van der Waals surface area contributed by atoms with Crippen LogP contribution in [-0.4, -0.2) is 58.4 Å². The minimum Gasteiger partial charge on any atom is -0.450 e. The van der Waals surface area contributed by atoms with Gasteiger partial charge in [-0.25, -0.2) is 9.59 Å². The van der Waals surface area contributed by atoms with Crippen molar-refractivity contribution in [3.05, 3.63) is 0 Å². The number of ether oxygens (including phenoxy) is 2. The summed E-state index contributed by atoms with van der Waals surface area (Å²) in [7, 11) is 5.71. The lowest BCUT2D eigenvalue weighted by Crippen LogP contribution is -2.44. The van der Waals surface area contributed by atoms with Crippen molar-refractivity contribution in [3.63, 3.8) is 0 Å². The molecular weight excluding hydrogens is 429 g/mol. The Bertz CT molecular complexity index is 493. The van der Waals surface area contributed by atoms with Crippen LogP contribution in [-0.2, 0) is 23.6 Å². The first-order valence-corrected chi connectivity index (χ1v) is 13.0. The van der Waals surface area contributed by atoms with Crippen LogP contribution >= 0.6 is 42.8 Å². The normalized spacial score (nSPS) is 18.4. The number of hydrogen-bond donors (Lipinski definition) is 0. The number of carbonyl (C=O) groups is 3. The zero-order chi connectivity index (χ0) is 20.2. The van der Waals surface area contributed by atoms with Crippen LogP contribution in [0, 0.1) is 0 Å². The molecule has 0 aliphatic carbocycles. The van der Waals surface area contributed by atoms with Crippen molar-refractivity contribution in [2.45, 2.75) is 63.5 Å². The van der Waals surface area contributed by atoms with Gasteiger partial charge in [-0.2, -0.15) is 0 Å². The average Bonchev–Trinajstić information content (AvgIpc) is 3.15. The first-order valence-electron chi connectivity index (χ1n) is 8.73. The van der Waals surface area contributed by atoms with Crippen molar-refractivity contribution in [2.24, 2.45) is 0 Å². The lowest BCUT2D eigenvalue weighted by atomic mass is 10.1. The molecule has 0 aromatic rings. The van der Waals surface area contributed by atoms with Gasteiger partial charge in [0.15, 0.2) is 0 Å². The Morgan fingerprint density at radius 3 is 2.59 bits per heavy atom. The fraction of sp³-hybridized carbons (Fsp3) is 0.812. The summed E-state index contributed by atoms with van der Waals surface area (Å²) >= 11 is 1.36. The van der Waals surface area contributed by atoms with E-state index in [2.05, 4.69) is 4.52 Å². The van der Waals surface area contributed by atoms with Crippen molar-refractivity contribution in [2.75, 3.05) is 17.9 Å². The Kier molecular flexibility index (Phi) is 12.6. The van der Waals surface area contributed by atoms with Gasteiger partial charge in [-0.3, -0.25) is 9.69 Å². The van der Waals surface area contributed by atoms with Crippen LogP contribution in [0.1, 0.15) is 46.0 Å². The molecule has 7 nitrogen and oxygen atoms in total. The number of esters is 1. The average molecular weight is 458 g/mol. The predicted molar refractivity (Wildman–Crippen MR) is 114 cm³/mol. The molecule has 1 amide bonds. The number of rotatable bonds is 11. The van der Waals surface area contributed by atoms with Crippen molar-refractivity contribution >= 4 is 60.8 Å². The van der Waals surface area contributed by atoms with Crippen LogP contribution in [0.4, 0.5) is 4.79 Å². The molecule has 27 heavy (non-hydrogen) atoms. The van der Waals surface area contributed by atoms with E-state index in [0.717, 1.165) is 19.3 Å². The first-order chi connectivity index (χ1) is 12.9. The van der Waals surface area contributed by atoms with Gasteiger partial charge in [0.2, 0.25) is 6.29 Å². The van der Waals surface area contributed by atoms with Gasteiger partial charge in [-0.15, -0.1) is 11.8 Å². The third kappa shape index (κ3) is 9.63. The third-order valence-corrected chi connectivity index (χ3v) is 7.65. The zero-order valence-electron chi connectivity index (χ0n) is 15.9. The van der Waals surface area contributed by atoms with Gasteiger partial charge in [0, 0.05) is 24.3 Å². The lowest BCUT2D eigenvalue weighted by Gasteiger charge is -2.27. The quantitative estimate of drug-likeness (QED) is 0.150. The van der Waals surface area contributed by atoms with Crippen LogP contribution in [0.3, 0.4) is 0 Å². The van der Waals surface area contributed by atoms with Crippen molar-refractivity contribution in [1.29, 1.82) is 0 Å². The van der Waals surface area contributed by atoms with Crippen LogP contribution < -0.4 is 0 Å². The van der Waals surface area contributed by atoms with Gasteiger partial charge in [0.05, 0.1) is 15.3 Å². The molecule has 1 rings (SSSR count). The Labute approximate surface area is 175 Å². The number of hydrogen-bond acceptors (Lipinski definition) is 9. The van der Waals surface area contributed by atoms with E-state index in [0.29, 0.717) is 11.7 Å². The monoisotopic (exact) mass is 457 g/mol. The van der Waals surface area contributed by atoms with Gasteiger partial charge in [0.25, 0.3) is 0 Å². The van der Waals surface area contributed by atoms with Crippen molar-refractivity contribution in [3.8, 4) is 0 Å². The summed E-state index contributed by atoms with van der Waals surface area (Å²) in [6.45, 7) is 3.03. The molecule has 0 bridgehead atoms. The van der Waals surface area contributed by atoms with Crippen molar-refractivity contribution < 1.29 is 28.4 Å². The topological polar surface area (TPSA) is 82.1 Å². The maximum absolute atomic E-state index is 12.3. The molecule has 156 valence electrons. The van der Waals surface area contributed by atoms with Crippen LogP contribution in [0.2, 0.25) is 0 Å². The summed E-state index contributed by atoms with van der Waals surface area (Å²) in [5, 5.41) is 0.698. The third-order valence-electron chi connectivity index (χ3n) is 3.88. The molecule has 1 aliphatic rings. The van der Waals surface area contributed by atoms with Gasteiger partial charge in [-0.05, 0) is 32.4 Å². The summed E-state index contributed by atoms with van der Waals surface area (Å²) < 4.78 is 14.9. The molecule has 1 fully saturated rings. The standard InChI is InChI=1S/C16H28NO6PS3/c1-11(15(19)23-24)17(10-25-3)16(20)22-12(2)21-14(18)7-5-4-6-13-8-9-26-27-13/h11-13H,4-10,24H2,1-3H3/t11-,12?,13-/m1/s1. The summed E-state index contributed by atoms with van der Waals surface area (Å²) in [6.07, 6.45) is 4.44. The largest absolute Gasteiger partial charge is 0.450 e. The fourth-order valence-electron chi connectivity index (χ4n) is 2.37. The summed E-state index contributed by atoms with van der Waals surface area (Å²) in [5.41, 5.74) is 0. The Morgan fingerprint density at radius 2 is 2.00 bits per heavy atom. The molecule has 0 saturated carbocycles. The highest BCUT2D eigenvalue weighted by molar-refractivity contribution is 8.77. The van der Waals surface area contributed by atoms with Crippen LogP contribution in [0.5, 0.6) is 0 Å². The molecular formula is C16H28NO6PS3. The second-order valence-electron chi connectivity index (χ2n) is 6.02. The lowest BCUT2D eigenvalue weighted by molar-refractivity contribution is -0.167. The molecule has 1 aliphatic heterocycles. The van der Waals surface area contributed by atoms with Gasteiger partial charge >= 0.3 is 18.0 Å². The maximum atomic E-state index is 12.3. The summed E-state index contributed by atoms with van der Waals surface area (Å²) in [4.78, 5) is 37.0. The van der Waals surface area contributed by atoms with E-state index in [1.54, 1.807) is 13.2 Å². The predicted octanol–water partition coefficient (Wildman–Crippen LogP) is 4.07. The molecule has 0 radical (unpaired) electrons. The van der Waals surface area contributed by atoms with Gasteiger partial charge in [-0.1, -0.05) is 28.0 Å². The smallest absolute Gasteiger partial charge is 0.414 e. The molecule has 11 heteroatoms. The summed E-state index contributed by atoms with van der Waals surface area (Å²) in [5.74, 6) is 0.492. The van der Waals surface area contributed by atoms with Crippen LogP contribution in [0.25, 0.3) is 0 Å². The first kappa shape index (κ1) is 24.7. The SMILES string of the molecule is CSCN(C(=O)OC(C)OC(=O)CCCC[C@@H]1CCSS1)[C@H](C)C(=O)OP. The number of amides is 1. The van der Waals surface area contributed by atoms with E-state index < -0.39 is 30.4 Å². The Hall–Kier alpha value is -0.310. The molecule has 0 aromatic carbocycles. The molecule has 0 N–H and O–H groups in total. The minimum absolute atomic E-state index is 0.248. The molecule has 1 saturated heterocycles. The highest BCUT2D eigenvalue weighted by atomic mass is 33.1. The number of thioether (sulfide) groups is 1. The molecule has 4 atom stereocenters. The van der Waals surface area contributed by atoms with E-state index in [-0.39, 0.29) is 5.88 Å². The van der Waals surface area contributed by atoms with E-state index in [4.69, 9.17) is 9.47 Å². The van der Waals surface area contributed by atoms with E-state index in [1.165, 1.54) is 35.8 Å². The highest BCUT2D eigenvalue weighted by Crippen LogP contribution is 2.39. The van der Waals surface area contributed by atoms with Gasteiger partial charge < -0.3 is 14.0 Å². The number of nitrogens with zero attached hydrogens (tertiary/aromatic N) is 1. The Morgan fingerprint density at radius 1 is 1.26 bits per heavy atom. The maximum Gasteiger partial charge on any atom is 0.414 e. The van der Waals surface area contributed by atoms with E-state index in [1.807, 2.05) is 31.1 Å². The highest BCUT2D eigenvalue weighted by Gasteiger charge is 2.29. The molecule has 0 spiro atoms. The van der Waals surface area contributed by atoms with Crippen molar-refractivity contribution in [1.82, 2.24) is 4.90 Å². The van der Waals surface area contributed by atoms with E-state index >= 15 is 0 Å². The molecule has 0 aromatic heterocycles. The van der Waals surface area contributed by atoms with Crippen LogP contribution in [0.15, 0.2) is 0 Å². The minimum atomic E-state index is -1.02. The fourth-order valence-corrected chi connectivity index (χ4v) is 6.20. The molecule has 1 heterocycles.